The van der Waals surface area contributed by atoms with E-state index in [2.05, 4.69) is 15.2 Å². The molecule has 2 N–H and O–H groups in total. The van der Waals surface area contributed by atoms with Crippen molar-refractivity contribution < 1.29 is 18.1 Å². The fraction of sp³-hybridized carbons (Fsp3) is 0.0909. The van der Waals surface area contributed by atoms with E-state index in [0.29, 0.717) is 0 Å². The minimum atomic E-state index is -4.04. The first-order valence-electron chi connectivity index (χ1n) is 9.64. The zero-order valence-corrected chi connectivity index (χ0v) is 18.6. The van der Waals surface area contributed by atoms with Crippen LogP contribution in [0.3, 0.4) is 0 Å². The number of amides is 1. The van der Waals surface area contributed by atoms with E-state index < -0.39 is 20.9 Å². The van der Waals surface area contributed by atoms with Crippen molar-refractivity contribution >= 4 is 39.2 Å². The molecule has 0 atom stereocenters. The van der Waals surface area contributed by atoms with E-state index in [1.165, 1.54) is 48.7 Å². The Hall–Kier alpha value is -4.25. The lowest BCUT2D eigenvalue weighted by Gasteiger charge is -2.11. The number of nitro groups is 1. The lowest BCUT2D eigenvalue weighted by molar-refractivity contribution is -0.385. The summed E-state index contributed by atoms with van der Waals surface area (Å²) < 4.78 is 27.3. The third-order valence-electron chi connectivity index (χ3n) is 4.53. The zero-order chi connectivity index (χ0) is 24.0. The second-order valence-corrected chi connectivity index (χ2v) is 8.80. The van der Waals surface area contributed by atoms with Gasteiger partial charge in [-0.05, 0) is 48.0 Å². The van der Waals surface area contributed by atoms with Crippen molar-refractivity contribution in [3.05, 3.63) is 94.0 Å². The van der Waals surface area contributed by atoms with Gasteiger partial charge in [-0.15, -0.1) is 0 Å². The Balaban J connectivity index is 1.62. The molecule has 0 unspecified atom stereocenters. The molecular formula is C22H21N5O5S. The molecule has 0 spiro atoms. The largest absolute Gasteiger partial charge is 0.378 e. The van der Waals surface area contributed by atoms with E-state index in [1.54, 1.807) is 0 Å². The Morgan fingerprint density at radius 1 is 1.03 bits per heavy atom. The Bertz CT molecular complexity index is 1290. The van der Waals surface area contributed by atoms with Crippen molar-refractivity contribution in [2.45, 2.75) is 4.90 Å². The Morgan fingerprint density at radius 2 is 1.70 bits per heavy atom. The monoisotopic (exact) mass is 467 g/mol. The summed E-state index contributed by atoms with van der Waals surface area (Å²) in [4.78, 5) is 24.2. The van der Waals surface area contributed by atoms with E-state index in [4.69, 9.17) is 0 Å². The van der Waals surface area contributed by atoms with Gasteiger partial charge in [0.05, 0.1) is 16.0 Å². The normalized spacial score (nSPS) is 11.2. The molecule has 11 heteroatoms. The first kappa shape index (κ1) is 23.4. The molecule has 0 aliphatic rings. The van der Waals surface area contributed by atoms with Gasteiger partial charge < -0.3 is 4.90 Å². The zero-order valence-electron chi connectivity index (χ0n) is 17.8. The molecule has 0 saturated carbocycles. The van der Waals surface area contributed by atoms with Gasteiger partial charge in [-0.3, -0.25) is 19.6 Å². The average Bonchev–Trinajstić information content (AvgIpc) is 2.79. The lowest BCUT2D eigenvalue weighted by Crippen LogP contribution is -2.18. The highest BCUT2D eigenvalue weighted by Gasteiger charge is 2.18. The minimum absolute atomic E-state index is 0.197. The summed E-state index contributed by atoms with van der Waals surface area (Å²) in [6.07, 6.45) is 1.51. The predicted molar refractivity (Wildman–Crippen MR) is 126 cm³/mol. The van der Waals surface area contributed by atoms with Crippen molar-refractivity contribution in [1.29, 1.82) is 0 Å². The van der Waals surface area contributed by atoms with Crippen LogP contribution in [-0.4, -0.2) is 39.6 Å². The van der Waals surface area contributed by atoms with Crippen LogP contribution in [0, 0.1) is 10.1 Å². The highest BCUT2D eigenvalue weighted by molar-refractivity contribution is 7.92. The number of nitrogens with one attached hydrogen (secondary N) is 2. The van der Waals surface area contributed by atoms with E-state index in [1.807, 2.05) is 43.3 Å². The molecule has 3 aromatic rings. The molecular weight excluding hydrogens is 446 g/mol. The Labute approximate surface area is 190 Å². The van der Waals surface area contributed by atoms with Crippen LogP contribution in [0.1, 0.15) is 15.9 Å². The first-order chi connectivity index (χ1) is 15.7. The minimum Gasteiger partial charge on any atom is -0.378 e. The number of benzene rings is 3. The van der Waals surface area contributed by atoms with Crippen LogP contribution in [0.2, 0.25) is 0 Å². The SMILES string of the molecule is CN(C)c1ccc(/C=N/NC(=O)c2ccc(NS(=O)(=O)c3cccc([N+](=O)[O-])c3)cc2)cc1. The van der Waals surface area contributed by atoms with E-state index in [0.717, 1.165) is 17.3 Å². The van der Waals surface area contributed by atoms with Crippen LogP contribution >= 0.6 is 0 Å². The molecule has 0 aromatic heterocycles. The molecule has 1 amide bonds. The van der Waals surface area contributed by atoms with Gasteiger partial charge >= 0.3 is 0 Å². The van der Waals surface area contributed by atoms with Crippen molar-refractivity contribution in [1.82, 2.24) is 5.43 Å². The van der Waals surface area contributed by atoms with Gasteiger partial charge in [-0.1, -0.05) is 18.2 Å². The van der Waals surface area contributed by atoms with Gasteiger partial charge in [-0.25, -0.2) is 13.8 Å². The summed E-state index contributed by atoms with van der Waals surface area (Å²) in [5, 5.41) is 14.8. The quantitative estimate of drug-likeness (QED) is 0.297. The molecule has 33 heavy (non-hydrogen) atoms. The number of hydrazone groups is 1. The van der Waals surface area contributed by atoms with Crippen LogP contribution in [0.15, 0.2) is 82.8 Å². The van der Waals surface area contributed by atoms with Gasteiger partial charge in [0, 0.05) is 43.2 Å². The second-order valence-electron chi connectivity index (χ2n) is 7.12. The van der Waals surface area contributed by atoms with Gasteiger partial charge in [0.25, 0.3) is 21.6 Å². The van der Waals surface area contributed by atoms with Crippen molar-refractivity contribution in [2.24, 2.45) is 5.10 Å². The number of anilines is 2. The van der Waals surface area contributed by atoms with Crippen molar-refractivity contribution in [3.8, 4) is 0 Å². The molecule has 0 saturated heterocycles. The maximum absolute atomic E-state index is 12.5. The number of carbonyl (C=O) groups is 1. The molecule has 0 aliphatic heterocycles. The first-order valence-corrected chi connectivity index (χ1v) is 11.1. The molecule has 10 nitrogen and oxygen atoms in total. The van der Waals surface area contributed by atoms with Crippen LogP contribution < -0.4 is 15.0 Å². The summed E-state index contributed by atoms with van der Waals surface area (Å²) in [6, 6.07) is 18.0. The summed E-state index contributed by atoms with van der Waals surface area (Å²) in [7, 11) is -0.162. The van der Waals surface area contributed by atoms with Crippen LogP contribution in [0.5, 0.6) is 0 Å². The average molecular weight is 468 g/mol. The smallest absolute Gasteiger partial charge is 0.271 e. The highest BCUT2D eigenvalue weighted by atomic mass is 32.2. The standard InChI is InChI=1S/C22H21N5O5S/c1-26(2)19-12-6-16(7-13-19)15-23-24-22(28)17-8-10-18(11-9-17)25-33(31,32)21-5-3-4-20(14-21)27(29)30/h3-15,25H,1-2H3,(H,24,28)/b23-15+. The number of hydrogen-bond donors (Lipinski definition) is 2. The van der Waals surface area contributed by atoms with Gasteiger partial charge in [0.15, 0.2) is 0 Å². The molecule has 0 aliphatic carbocycles. The molecule has 0 fully saturated rings. The highest BCUT2D eigenvalue weighted by Crippen LogP contribution is 2.21. The number of rotatable bonds is 8. The molecule has 0 radical (unpaired) electrons. The number of nitrogens with zero attached hydrogens (tertiary/aromatic N) is 3. The number of hydrogen-bond acceptors (Lipinski definition) is 7. The lowest BCUT2D eigenvalue weighted by atomic mass is 10.2. The Kier molecular flexibility index (Phi) is 7.04. The van der Waals surface area contributed by atoms with E-state index in [-0.39, 0.29) is 21.8 Å². The second kappa shape index (κ2) is 9.92. The van der Waals surface area contributed by atoms with Crippen LogP contribution in [-0.2, 0) is 10.0 Å². The van der Waals surface area contributed by atoms with Crippen molar-refractivity contribution in [2.75, 3.05) is 23.7 Å². The van der Waals surface area contributed by atoms with Crippen LogP contribution in [0.4, 0.5) is 17.1 Å². The fourth-order valence-corrected chi connectivity index (χ4v) is 3.85. The molecule has 3 aromatic carbocycles. The van der Waals surface area contributed by atoms with E-state index in [9.17, 15) is 23.3 Å². The van der Waals surface area contributed by atoms with Gasteiger partial charge in [-0.2, -0.15) is 5.10 Å². The topological polar surface area (TPSA) is 134 Å². The van der Waals surface area contributed by atoms with Crippen molar-refractivity contribution in [3.63, 3.8) is 0 Å². The van der Waals surface area contributed by atoms with Gasteiger partial charge in [0.2, 0.25) is 0 Å². The predicted octanol–water partition coefficient (Wildman–Crippen LogP) is 3.23. The summed E-state index contributed by atoms with van der Waals surface area (Å²) in [5.41, 5.74) is 4.40. The summed E-state index contributed by atoms with van der Waals surface area (Å²) in [6.45, 7) is 0. The number of nitro benzene ring substituents is 1. The number of non-ortho nitro benzene ring substituents is 1. The number of carbonyl (C=O) groups excluding carboxylic acids is 1. The van der Waals surface area contributed by atoms with E-state index >= 15 is 0 Å². The summed E-state index contributed by atoms with van der Waals surface area (Å²) in [5.74, 6) is -0.468. The fourth-order valence-electron chi connectivity index (χ4n) is 2.76. The maximum atomic E-state index is 12.5. The van der Waals surface area contributed by atoms with Gasteiger partial charge in [0.1, 0.15) is 0 Å². The molecule has 0 bridgehead atoms. The third-order valence-corrected chi connectivity index (χ3v) is 5.91. The summed E-state index contributed by atoms with van der Waals surface area (Å²) >= 11 is 0. The Morgan fingerprint density at radius 3 is 2.30 bits per heavy atom. The maximum Gasteiger partial charge on any atom is 0.271 e. The molecule has 170 valence electrons. The third kappa shape index (κ3) is 6.14. The van der Waals surface area contributed by atoms with Crippen LogP contribution in [0.25, 0.3) is 0 Å². The molecule has 0 heterocycles. The molecule has 3 rings (SSSR count). The number of sulfonamides is 1.